The molecule has 1 fully saturated rings. The first-order valence-corrected chi connectivity index (χ1v) is 3.74. The van der Waals surface area contributed by atoms with Crippen molar-refractivity contribution >= 4 is 0 Å². The van der Waals surface area contributed by atoms with Crippen LogP contribution >= 0.6 is 0 Å². The van der Waals surface area contributed by atoms with Crippen LogP contribution < -0.4 is 18.9 Å². The molecule has 2 rings (SSSR count). The molecule has 0 amide bonds. The van der Waals surface area contributed by atoms with Crippen molar-refractivity contribution in [3.8, 4) is 0 Å². The van der Waals surface area contributed by atoms with Gasteiger partial charge in [0.1, 0.15) is 0 Å². The molecule has 0 spiro atoms. The molecule has 1 heteroatoms. The fourth-order valence-electron chi connectivity index (χ4n) is 1.77. The molecule has 2 aliphatic rings. The van der Waals surface area contributed by atoms with Crippen molar-refractivity contribution in [3.05, 3.63) is 23.8 Å². The molecule has 1 unspecified atom stereocenters. The summed E-state index contributed by atoms with van der Waals surface area (Å²) in [7, 11) is 0. The molecule has 0 saturated heterocycles. The first-order valence-electron chi connectivity index (χ1n) is 3.74. The summed E-state index contributed by atoms with van der Waals surface area (Å²) >= 11 is 0. The number of hydrogen-bond acceptors (Lipinski definition) is 0. The molecule has 0 aromatic rings. The monoisotopic (exact) mass is 126 g/mol. The maximum atomic E-state index is 3.32. The van der Waals surface area contributed by atoms with Crippen molar-refractivity contribution in [2.24, 2.45) is 5.92 Å². The maximum Gasteiger partial charge on any atom is 1.00 e. The zero-order valence-electron chi connectivity index (χ0n) is 6.56. The Kier molecular flexibility index (Phi) is 2.83. The Hall–Kier alpha value is 0.0774. The van der Waals surface area contributed by atoms with Crippen LogP contribution in [-0.2, 0) is 0 Å². The van der Waals surface area contributed by atoms with E-state index in [4.69, 9.17) is 0 Å². The van der Waals surface area contributed by atoms with Gasteiger partial charge >= 0.3 is 18.9 Å². The summed E-state index contributed by atoms with van der Waals surface area (Å²) in [5, 5.41) is 0. The van der Waals surface area contributed by atoms with Crippen molar-refractivity contribution in [3.63, 3.8) is 0 Å². The average Bonchev–Trinajstić information content (AvgIpc) is 2.33. The Bertz CT molecular complexity index is 168. The van der Waals surface area contributed by atoms with E-state index in [1.807, 2.05) is 0 Å². The number of hydrogen-bond donors (Lipinski definition) is 0. The van der Waals surface area contributed by atoms with Crippen molar-refractivity contribution in [1.29, 1.82) is 0 Å². The van der Waals surface area contributed by atoms with Crippen molar-refractivity contribution < 1.29 is 18.9 Å². The molecule has 0 nitrogen and oxygen atoms in total. The summed E-state index contributed by atoms with van der Waals surface area (Å²) in [6.45, 7) is 0. The molecule has 0 aromatic heterocycles. The first kappa shape index (κ1) is 8.18. The maximum absolute atomic E-state index is 3.32. The first-order chi connectivity index (χ1) is 4.47. The van der Waals surface area contributed by atoms with Crippen molar-refractivity contribution in [2.75, 3.05) is 0 Å². The SMILES string of the molecule is [C-]1=C2CCCC2CC=C1.[Li+]. The van der Waals surface area contributed by atoms with Gasteiger partial charge in [-0.1, -0.05) is 12.8 Å². The third-order valence-corrected chi connectivity index (χ3v) is 2.30. The van der Waals surface area contributed by atoms with E-state index in [2.05, 4.69) is 18.2 Å². The zero-order valence-corrected chi connectivity index (χ0v) is 6.56. The number of rotatable bonds is 0. The van der Waals surface area contributed by atoms with Crippen LogP contribution in [0.5, 0.6) is 0 Å². The Labute approximate surface area is 74.6 Å². The van der Waals surface area contributed by atoms with Gasteiger partial charge in [-0.3, -0.25) is 6.08 Å². The summed E-state index contributed by atoms with van der Waals surface area (Å²) in [6.07, 6.45) is 13.0. The molecular formula is C9H11Li. The van der Waals surface area contributed by atoms with E-state index in [9.17, 15) is 0 Å². The second-order valence-electron chi connectivity index (χ2n) is 2.90. The molecule has 0 heterocycles. The van der Waals surface area contributed by atoms with E-state index in [0.717, 1.165) is 5.92 Å². The third kappa shape index (κ3) is 1.39. The molecule has 1 saturated carbocycles. The summed E-state index contributed by atoms with van der Waals surface area (Å²) in [6, 6.07) is 0. The third-order valence-electron chi connectivity index (χ3n) is 2.30. The van der Waals surface area contributed by atoms with Gasteiger partial charge in [0, 0.05) is 0 Å². The number of allylic oxidation sites excluding steroid dienone is 4. The molecule has 1 atom stereocenters. The fourth-order valence-corrected chi connectivity index (χ4v) is 1.77. The van der Waals surface area contributed by atoms with Gasteiger partial charge in [-0.05, 0) is 18.8 Å². The quantitative estimate of drug-likeness (QED) is 0.302. The van der Waals surface area contributed by atoms with Crippen LogP contribution in [0.2, 0.25) is 0 Å². The van der Waals surface area contributed by atoms with Gasteiger partial charge in [-0.15, -0.1) is 0 Å². The van der Waals surface area contributed by atoms with E-state index in [1.54, 1.807) is 5.57 Å². The molecule has 0 radical (unpaired) electrons. The average molecular weight is 126 g/mol. The largest absolute Gasteiger partial charge is 1.00 e. The number of fused-ring (bicyclic) bond motifs is 1. The Morgan fingerprint density at radius 3 is 3.20 bits per heavy atom. The van der Waals surface area contributed by atoms with Crippen LogP contribution in [0.25, 0.3) is 0 Å². The second-order valence-corrected chi connectivity index (χ2v) is 2.90. The molecule has 0 aliphatic heterocycles. The van der Waals surface area contributed by atoms with E-state index in [-0.39, 0.29) is 18.9 Å². The van der Waals surface area contributed by atoms with Gasteiger partial charge < -0.3 is 0 Å². The van der Waals surface area contributed by atoms with Gasteiger partial charge in [0.15, 0.2) is 0 Å². The molecular weight excluding hydrogens is 115 g/mol. The normalized spacial score (nSPS) is 28.8. The van der Waals surface area contributed by atoms with Crippen LogP contribution in [0, 0.1) is 12.0 Å². The Morgan fingerprint density at radius 2 is 2.40 bits per heavy atom. The molecule has 2 aliphatic carbocycles. The Balaban J connectivity index is 0.000000500. The van der Waals surface area contributed by atoms with Crippen LogP contribution in [0.4, 0.5) is 0 Å². The molecule has 0 N–H and O–H groups in total. The summed E-state index contributed by atoms with van der Waals surface area (Å²) in [5.74, 6) is 0.884. The smallest absolute Gasteiger partial charge is 0.251 e. The van der Waals surface area contributed by atoms with E-state index in [0.29, 0.717) is 0 Å². The van der Waals surface area contributed by atoms with E-state index >= 15 is 0 Å². The van der Waals surface area contributed by atoms with Gasteiger partial charge in [0.2, 0.25) is 0 Å². The van der Waals surface area contributed by atoms with Crippen LogP contribution in [-0.4, -0.2) is 0 Å². The molecule has 48 valence electrons. The van der Waals surface area contributed by atoms with Gasteiger partial charge in [-0.25, -0.2) is 12.2 Å². The standard InChI is InChI=1S/C9H11.Li/c1-2-5-9-7-3-6-8(9)4-1;/h1-2,8H,3-4,6-7H2;/q-1;+1. The predicted molar refractivity (Wildman–Crippen MR) is 37.9 cm³/mol. The van der Waals surface area contributed by atoms with Crippen molar-refractivity contribution in [1.82, 2.24) is 0 Å². The van der Waals surface area contributed by atoms with E-state index in [1.165, 1.54) is 25.7 Å². The summed E-state index contributed by atoms with van der Waals surface area (Å²) < 4.78 is 0. The van der Waals surface area contributed by atoms with Gasteiger partial charge in [0.25, 0.3) is 0 Å². The molecule has 0 bridgehead atoms. The van der Waals surface area contributed by atoms with E-state index < -0.39 is 0 Å². The minimum Gasteiger partial charge on any atom is -0.251 e. The minimum atomic E-state index is 0. The van der Waals surface area contributed by atoms with Gasteiger partial charge in [0.05, 0.1) is 0 Å². The van der Waals surface area contributed by atoms with Crippen molar-refractivity contribution in [2.45, 2.75) is 25.7 Å². The van der Waals surface area contributed by atoms with Crippen LogP contribution in [0.15, 0.2) is 17.7 Å². The zero-order chi connectivity index (χ0) is 6.10. The second kappa shape index (κ2) is 3.46. The fraction of sp³-hybridized carbons (Fsp3) is 0.556. The predicted octanol–water partition coefficient (Wildman–Crippen LogP) is -0.520. The topological polar surface area (TPSA) is 0 Å². The molecule has 0 aromatic carbocycles. The summed E-state index contributed by atoms with van der Waals surface area (Å²) in [4.78, 5) is 0. The van der Waals surface area contributed by atoms with Crippen LogP contribution in [0.1, 0.15) is 25.7 Å². The van der Waals surface area contributed by atoms with Crippen LogP contribution in [0.3, 0.4) is 0 Å². The Morgan fingerprint density at radius 1 is 1.50 bits per heavy atom. The minimum absolute atomic E-state index is 0. The molecule has 10 heavy (non-hydrogen) atoms. The van der Waals surface area contributed by atoms with Gasteiger partial charge in [-0.2, -0.15) is 5.57 Å². The summed E-state index contributed by atoms with van der Waals surface area (Å²) in [5.41, 5.74) is 1.58.